The van der Waals surface area contributed by atoms with Gasteiger partial charge in [0.15, 0.2) is 0 Å². The number of rotatable bonds is 1. The maximum Gasteiger partial charge on any atom is 0.225 e. The molecule has 0 unspecified atom stereocenters. The molecule has 3 rings (SSSR count). The van der Waals surface area contributed by atoms with Crippen LogP contribution >= 0.6 is 11.6 Å². The maximum atomic E-state index is 12.3. The van der Waals surface area contributed by atoms with E-state index in [-0.39, 0.29) is 5.69 Å². The number of hydrogen-bond donors (Lipinski definition) is 2. The van der Waals surface area contributed by atoms with Crippen LogP contribution in [0.1, 0.15) is 6.42 Å². The van der Waals surface area contributed by atoms with Gasteiger partial charge in [0.1, 0.15) is 5.82 Å². The van der Waals surface area contributed by atoms with Crippen molar-refractivity contribution >= 4 is 23.2 Å². The fraction of sp³-hybridized carbons (Fsp3) is 0.333. The highest BCUT2D eigenvalue weighted by Crippen LogP contribution is 2.15. The number of nitrogen functional groups attached to an aromatic ring is 1. The van der Waals surface area contributed by atoms with Gasteiger partial charge in [0.2, 0.25) is 5.95 Å². The van der Waals surface area contributed by atoms with Crippen LogP contribution in [0.2, 0.25) is 5.02 Å². The summed E-state index contributed by atoms with van der Waals surface area (Å²) in [6, 6.07) is 5.90. The van der Waals surface area contributed by atoms with Crippen LogP contribution in [0.5, 0.6) is 0 Å². The molecule has 0 amide bonds. The minimum absolute atomic E-state index is 0.0856. The second-order valence-corrected chi connectivity index (χ2v) is 5.24. The van der Waals surface area contributed by atoms with Gasteiger partial charge in [-0.05, 0) is 37.2 Å². The van der Waals surface area contributed by atoms with E-state index in [0.717, 1.165) is 38.5 Å². The highest BCUT2D eigenvalue weighted by Gasteiger charge is 2.10. The zero-order valence-corrected chi connectivity index (χ0v) is 12.9. The van der Waals surface area contributed by atoms with Crippen LogP contribution in [-0.4, -0.2) is 36.1 Å². The summed E-state index contributed by atoms with van der Waals surface area (Å²) in [5, 5.41) is 3.80. The molecule has 1 aromatic heterocycles. The Bertz CT molecular complexity index is 573. The van der Waals surface area contributed by atoms with Crippen LogP contribution < -0.4 is 16.0 Å². The predicted octanol–water partition coefficient (Wildman–Crippen LogP) is 2.34. The minimum atomic E-state index is -0.431. The lowest BCUT2D eigenvalue weighted by Gasteiger charge is -2.18. The van der Waals surface area contributed by atoms with E-state index in [1.807, 2.05) is 6.07 Å². The lowest BCUT2D eigenvalue weighted by atomic mass is 10.3. The molecule has 22 heavy (non-hydrogen) atoms. The maximum absolute atomic E-state index is 12.3. The van der Waals surface area contributed by atoms with Crippen molar-refractivity contribution in [2.24, 2.45) is 0 Å². The van der Waals surface area contributed by atoms with Crippen molar-refractivity contribution in [2.75, 3.05) is 36.8 Å². The first kappa shape index (κ1) is 16.5. The summed E-state index contributed by atoms with van der Waals surface area (Å²) in [5.41, 5.74) is 5.25. The summed E-state index contributed by atoms with van der Waals surface area (Å²) in [7, 11) is 0. The summed E-state index contributed by atoms with van der Waals surface area (Å²) >= 11 is 5.47. The third kappa shape index (κ3) is 5.13. The van der Waals surface area contributed by atoms with E-state index >= 15 is 0 Å². The molecule has 2 heterocycles. The van der Waals surface area contributed by atoms with Crippen molar-refractivity contribution in [2.45, 2.75) is 6.42 Å². The molecule has 1 aromatic carbocycles. The molecule has 0 radical (unpaired) electrons. The van der Waals surface area contributed by atoms with Crippen LogP contribution in [-0.2, 0) is 0 Å². The van der Waals surface area contributed by atoms with E-state index in [9.17, 15) is 4.39 Å². The Kier molecular flexibility index (Phi) is 6.36. The molecule has 1 saturated heterocycles. The van der Waals surface area contributed by atoms with Crippen LogP contribution in [0.4, 0.5) is 16.0 Å². The van der Waals surface area contributed by atoms with E-state index in [0.29, 0.717) is 5.02 Å². The van der Waals surface area contributed by atoms with E-state index in [1.54, 1.807) is 12.4 Å². The molecule has 0 atom stereocenters. The van der Waals surface area contributed by atoms with Crippen molar-refractivity contribution in [3.05, 3.63) is 47.5 Å². The highest BCUT2D eigenvalue weighted by molar-refractivity contribution is 6.30. The van der Waals surface area contributed by atoms with E-state index in [2.05, 4.69) is 20.2 Å². The summed E-state index contributed by atoms with van der Waals surface area (Å²) in [6.45, 7) is 4.18. The molecular formula is C15H19ClFN5. The largest absolute Gasteiger partial charge is 0.396 e. The number of nitrogens with two attached hydrogens (primary N) is 1. The Balaban J connectivity index is 0.000000172. The monoisotopic (exact) mass is 323 g/mol. The first-order chi connectivity index (χ1) is 10.7. The molecule has 1 fully saturated rings. The smallest absolute Gasteiger partial charge is 0.225 e. The Morgan fingerprint density at radius 3 is 2.64 bits per heavy atom. The lowest BCUT2D eigenvalue weighted by molar-refractivity contribution is 0.632. The minimum Gasteiger partial charge on any atom is -0.396 e. The molecule has 0 aliphatic carbocycles. The quantitative estimate of drug-likeness (QED) is 0.788. The van der Waals surface area contributed by atoms with Crippen LogP contribution in [0, 0.1) is 5.82 Å². The molecule has 5 nitrogen and oxygen atoms in total. The zero-order valence-electron chi connectivity index (χ0n) is 12.2. The lowest BCUT2D eigenvalue weighted by Crippen LogP contribution is -2.29. The summed E-state index contributed by atoms with van der Waals surface area (Å²) < 4.78 is 12.3. The molecule has 1 aliphatic rings. The topological polar surface area (TPSA) is 67.1 Å². The van der Waals surface area contributed by atoms with Gasteiger partial charge in [-0.1, -0.05) is 11.6 Å². The van der Waals surface area contributed by atoms with Gasteiger partial charge in [-0.2, -0.15) is 0 Å². The fourth-order valence-corrected chi connectivity index (χ4v) is 2.20. The summed E-state index contributed by atoms with van der Waals surface area (Å²) in [6.07, 6.45) is 4.75. The number of benzene rings is 1. The highest BCUT2D eigenvalue weighted by atomic mass is 35.5. The van der Waals surface area contributed by atoms with E-state index in [4.69, 9.17) is 17.3 Å². The van der Waals surface area contributed by atoms with Gasteiger partial charge in [-0.25, -0.2) is 14.4 Å². The summed E-state index contributed by atoms with van der Waals surface area (Å²) in [4.78, 5) is 10.7. The predicted molar refractivity (Wildman–Crippen MR) is 87.6 cm³/mol. The molecular weight excluding hydrogens is 305 g/mol. The molecule has 7 heteroatoms. The van der Waals surface area contributed by atoms with Gasteiger partial charge in [0.05, 0.1) is 5.69 Å². The molecule has 1 aliphatic heterocycles. The molecule has 0 saturated carbocycles. The molecule has 2 aromatic rings. The number of hydrogen-bond acceptors (Lipinski definition) is 5. The first-order valence-corrected chi connectivity index (χ1v) is 7.48. The van der Waals surface area contributed by atoms with Crippen molar-refractivity contribution in [1.29, 1.82) is 0 Å². The van der Waals surface area contributed by atoms with Crippen molar-refractivity contribution in [3.63, 3.8) is 0 Å². The average Bonchev–Trinajstić information content (AvgIpc) is 2.82. The Morgan fingerprint density at radius 1 is 1.18 bits per heavy atom. The number of nitrogens with one attached hydrogen (secondary N) is 1. The fourth-order valence-electron chi connectivity index (χ4n) is 2.01. The second-order valence-electron chi connectivity index (χ2n) is 4.81. The van der Waals surface area contributed by atoms with Gasteiger partial charge in [-0.15, -0.1) is 0 Å². The number of nitrogens with zero attached hydrogens (tertiary/aromatic N) is 3. The van der Waals surface area contributed by atoms with Crippen LogP contribution in [0.25, 0.3) is 0 Å². The van der Waals surface area contributed by atoms with Crippen LogP contribution in [0.3, 0.4) is 0 Å². The van der Waals surface area contributed by atoms with Crippen LogP contribution in [0.15, 0.2) is 36.7 Å². The third-order valence-corrected chi connectivity index (χ3v) is 3.37. The molecule has 118 valence electrons. The number of anilines is 2. The normalized spacial score (nSPS) is 14.7. The van der Waals surface area contributed by atoms with Gasteiger partial charge < -0.3 is 16.0 Å². The van der Waals surface area contributed by atoms with Gasteiger partial charge in [0, 0.05) is 37.1 Å². The van der Waals surface area contributed by atoms with Gasteiger partial charge in [0.25, 0.3) is 0 Å². The van der Waals surface area contributed by atoms with Crippen molar-refractivity contribution in [1.82, 2.24) is 15.3 Å². The molecule has 0 spiro atoms. The van der Waals surface area contributed by atoms with Gasteiger partial charge >= 0.3 is 0 Å². The Hall–Kier alpha value is -1.92. The average molecular weight is 324 g/mol. The SMILES string of the molecule is Nc1cc(Cl)ccc1F.c1cnc(N2CCCNCC2)nc1. The standard InChI is InChI=1S/C9H14N4.C6H5ClFN/c1-4-11-9(12-5-1)13-7-2-3-10-6-8-13;7-4-1-2-5(8)6(9)3-4/h1,4-5,10H,2-3,6-8H2;1-3H,9H2. The second kappa shape index (κ2) is 8.51. The van der Waals surface area contributed by atoms with E-state index in [1.165, 1.54) is 18.2 Å². The number of aromatic nitrogens is 2. The molecule has 0 bridgehead atoms. The van der Waals surface area contributed by atoms with Crippen molar-refractivity contribution in [3.8, 4) is 0 Å². The van der Waals surface area contributed by atoms with Crippen molar-refractivity contribution < 1.29 is 4.39 Å². The first-order valence-electron chi connectivity index (χ1n) is 7.10. The Labute approximate surface area is 134 Å². The third-order valence-electron chi connectivity index (χ3n) is 3.13. The zero-order chi connectivity index (χ0) is 15.8. The van der Waals surface area contributed by atoms with E-state index < -0.39 is 5.82 Å². The Morgan fingerprint density at radius 2 is 1.95 bits per heavy atom. The van der Waals surface area contributed by atoms with Gasteiger partial charge in [-0.3, -0.25) is 0 Å². The number of halogens is 2. The summed E-state index contributed by atoms with van der Waals surface area (Å²) in [5.74, 6) is 0.422. The molecule has 3 N–H and O–H groups in total.